The van der Waals surface area contributed by atoms with Crippen molar-refractivity contribution in [3.8, 4) is 0 Å². The van der Waals surface area contributed by atoms with Crippen LogP contribution in [0.1, 0.15) is 25.3 Å². The van der Waals surface area contributed by atoms with Crippen molar-refractivity contribution in [2.75, 3.05) is 6.54 Å². The zero-order valence-electron chi connectivity index (χ0n) is 9.72. The first-order valence-corrected chi connectivity index (χ1v) is 5.73. The normalized spacial score (nSPS) is 23.9. The molecule has 0 bridgehead atoms. The van der Waals surface area contributed by atoms with Gasteiger partial charge >= 0.3 is 0 Å². The van der Waals surface area contributed by atoms with Gasteiger partial charge in [-0.1, -0.05) is 6.07 Å². The molecule has 2 rings (SSSR count). The number of carbonyl (C=O) groups is 1. The van der Waals surface area contributed by atoms with Crippen LogP contribution in [0.5, 0.6) is 0 Å². The van der Waals surface area contributed by atoms with Crippen molar-refractivity contribution >= 4 is 5.78 Å². The van der Waals surface area contributed by atoms with Crippen LogP contribution in [0.4, 0.5) is 8.78 Å². The Balaban J connectivity index is 2.10. The Morgan fingerprint density at radius 3 is 2.76 bits per heavy atom. The number of hydrogen-bond acceptors (Lipinski definition) is 2. The summed E-state index contributed by atoms with van der Waals surface area (Å²) in [6.45, 7) is 2.70. The van der Waals surface area contributed by atoms with Crippen LogP contribution in [-0.2, 0) is 11.2 Å². The Morgan fingerprint density at radius 2 is 2.18 bits per heavy atom. The van der Waals surface area contributed by atoms with Crippen molar-refractivity contribution in [3.05, 3.63) is 35.4 Å². The average Bonchev–Trinajstić information content (AvgIpc) is 2.72. The van der Waals surface area contributed by atoms with E-state index >= 15 is 0 Å². The second-order valence-corrected chi connectivity index (χ2v) is 4.71. The van der Waals surface area contributed by atoms with E-state index in [1.165, 1.54) is 6.07 Å². The molecule has 4 heteroatoms. The van der Waals surface area contributed by atoms with Gasteiger partial charge in [-0.05, 0) is 44.0 Å². The van der Waals surface area contributed by atoms with E-state index in [0.29, 0.717) is 5.56 Å². The van der Waals surface area contributed by atoms with Gasteiger partial charge in [0.1, 0.15) is 0 Å². The molecule has 1 unspecified atom stereocenters. The number of nitrogens with one attached hydrogen (secondary N) is 1. The average molecular weight is 239 g/mol. The summed E-state index contributed by atoms with van der Waals surface area (Å²) in [5.41, 5.74) is 0.00837. The van der Waals surface area contributed by atoms with Gasteiger partial charge in [0.2, 0.25) is 0 Å². The third kappa shape index (κ3) is 2.52. The summed E-state index contributed by atoms with van der Waals surface area (Å²) in [4.78, 5) is 12.1. The largest absolute Gasteiger partial charge is 0.305 e. The summed E-state index contributed by atoms with van der Waals surface area (Å²) in [6, 6.07) is 3.60. The van der Waals surface area contributed by atoms with Crippen LogP contribution in [0.15, 0.2) is 18.2 Å². The van der Waals surface area contributed by atoms with E-state index in [1.54, 1.807) is 0 Å². The van der Waals surface area contributed by atoms with Gasteiger partial charge in [0, 0.05) is 6.42 Å². The number of hydrogen-bond donors (Lipinski definition) is 1. The maximum Gasteiger partial charge on any atom is 0.159 e. The highest BCUT2D eigenvalue weighted by atomic mass is 19.2. The Hall–Kier alpha value is -1.29. The highest BCUT2D eigenvalue weighted by Crippen LogP contribution is 2.21. The van der Waals surface area contributed by atoms with Gasteiger partial charge in [0.25, 0.3) is 0 Å². The third-order valence-corrected chi connectivity index (χ3v) is 3.33. The number of Topliss-reactive ketones (excluding diaryl/α,β-unsaturated/α-hetero) is 1. The zero-order chi connectivity index (χ0) is 12.5. The molecule has 0 saturated carbocycles. The minimum atomic E-state index is -0.903. The van der Waals surface area contributed by atoms with E-state index in [-0.39, 0.29) is 12.2 Å². The second-order valence-electron chi connectivity index (χ2n) is 4.71. The van der Waals surface area contributed by atoms with Crippen LogP contribution in [0.25, 0.3) is 0 Å². The molecule has 0 amide bonds. The summed E-state index contributed by atoms with van der Waals surface area (Å²) in [5, 5.41) is 3.16. The molecule has 1 aromatic rings. The molecule has 92 valence electrons. The summed E-state index contributed by atoms with van der Waals surface area (Å²) < 4.78 is 25.7. The van der Waals surface area contributed by atoms with Crippen LogP contribution in [-0.4, -0.2) is 17.9 Å². The lowest BCUT2D eigenvalue weighted by atomic mass is 9.90. The number of rotatable bonds is 3. The summed E-state index contributed by atoms with van der Waals surface area (Å²) in [7, 11) is 0. The first-order chi connectivity index (χ1) is 8.01. The van der Waals surface area contributed by atoms with Crippen LogP contribution in [0, 0.1) is 11.6 Å². The van der Waals surface area contributed by atoms with E-state index in [1.807, 2.05) is 6.92 Å². The Labute approximate surface area is 99.0 Å². The van der Waals surface area contributed by atoms with Gasteiger partial charge in [-0.25, -0.2) is 8.78 Å². The molecule has 0 radical (unpaired) electrons. The van der Waals surface area contributed by atoms with Gasteiger partial charge in [0.15, 0.2) is 17.4 Å². The van der Waals surface area contributed by atoms with Gasteiger partial charge in [-0.15, -0.1) is 0 Å². The Kier molecular flexibility index (Phi) is 3.24. The molecule has 1 aromatic carbocycles. The molecule has 1 N–H and O–H groups in total. The van der Waals surface area contributed by atoms with Crippen molar-refractivity contribution < 1.29 is 13.6 Å². The fraction of sp³-hybridized carbons (Fsp3) is 0.462. The van der Waals surface area contributed by atoms with E-state index in [0.717, 1.165) is 31.5 Å². The molecule has 1 saturated heterocycles. The Bertz CT molecular complexity index is 439. The standard InChI is InChI=1S/C13H15F2NO/c1-13(5-2-6-16-13)12(17)8-9-3-4-10(14)11(15)7-9/h3-4,7,16H,2,5-6,8H2,1H3. The lowest BCUT2D eigenvalue weighted by molar-refractivity contribution is -0.123. The maximum absolute atomic E-state index is 13.0. The van der Waals surface area contributed by atoms with Crippen molar-refractivity contribution in [2.45, 2.75) is 31.7 Å². The lowest BCUT2D eigenvalue weighted by Gasteiger charge is -2.22. The molecule has 1 aliphatic heterocycles. The van der Waals surface area contributed by atoms with Gasteiger partial charge in [-0.2, -0.15) is 0 Å². The predicted octanol–water partition coefficient (Wildman–Crippen LogP) is 2.22. The predicted molar refractivity (Wildman–Crippen MR) is 60.7 cm³/mol. The number of halogens is 2. The quantitative estimate of drug-likeness (QED) is 0.876. The van der Waals surface area contributed by atoms with Crippen molar-refractivity contribution in [2.24, 2.45) is 0 Å². The molecule has 1 heterocycles. The summed E-state index contributed by atoms with van der Waals surface area (Å²) >= 11 is 0. The third-order valence-electron chi connectivity index (χ3n) is 3.33. The first-order valence-electron chi connectivity index (χ1n) is 5.73. The van der Waals surface area contributed by atoms with Crippen molar-refractivity contribution in [1.29, 1.82) is 0 Å². The molecule has 1 fully saturated rings. The summed E-state index contributed by atoms with van der Waals surface area (Å²) in [6.07, 6.45) is 1.91. The lowest BCUT2D eigenvalue weighted by Crippen LogP contribution is -2.45. The molecule has 0 aliphatic carbocycles. The molecule has 0 aromatic heterocycles. The van der Waals surface area contributed by atoms with Crippen LogP contribution in [0.3, 0.4) is 0 Å². The van der Waals surface area contributed by atoms with E-state index in [9.17, 15) is 13.6 Å². The van der Waals surface area contributed by atoms with E-state index < -0.39 is 17.2 Å². The fourth-order valence-electron chi connectivity index (χ4n) is 2.16. The number of carbonyl (C=O) groups excluding carboxylic acids is 1. The van der Waals surface area contributed by atoms with E-state index in [4.69, 9.17) is 0 Å². The van der Waals surface area contributed by atoms with Crippen LogP contribution >= 0.6 is 0 Å². The molecule has 17 heavy (non-hydrogen) atoms. The first kappa shape index (κ1) is 12.2. The van der Waals surface area contributed by atoms with Gasteiger partial charge < -0.3 is 5.32 Å². The maximum atomic E-state index is 13.0. The zero-order valence-corrected chi connectivity index (χ0v) is 9.72. The Morgan fingerprint density at radius 1 is 1.41 bits per heavy atom. The molecular formula is C13H15F2NO. The van der Waals surface area contributed by atoms with Gasteiger partial charge in [-0.3, -0.25) is 4.79 Å². The van der Waals surface area contributed by atoms with Crippen molar-refractivity contribution in [1.82, 2.24) is 5.32 Å². The minimum absolute atomic E-state index is 0.0287. The number of benzene rings is 1. The smallest absolute Gasteiger partial charge is 0.159 e. The molecule has 1 atom stereocenters. The minimum Gasteiger partial charge on any atom is -0.305 e. The van der Waals surface area contributed by atoms with Gasteiger partial charge in [0.05, 0.1) is 5.54 Å². The SMILES string of the molecule is CC1(C(=O)Cc2ccc(F)c(F)c2)CCCN1. The van der Waals surface area contributed by atoms with Crippen LogP contribution in [0.2, 0.25) is 0 Å². The van der Waals surface area contributed by atoms with E-state index in [2.05, 4.69) is 5.32 Å². The molecule has 0 spiro atoms. The number of ketones is 1. The topological polar surface area (TPSA) is 29.1 Å². The highest BCUT2D eigenvalue weighted by Gasteiger charge is 2.35. The van der Waals surface area contributed by atoms with Crippen molar-refractivity contribution in [3.63, 3.8) is 0 Å². The monoisotopic (exact) mass is 239 g/mol. The molecular weight excluding hydrogens is 224 g/mol. The fourth-order valence-corrected chi connectivity index (χ4v) is 2.16. The summed E-state index contributed by atoms with van der Waals surface area (Å²) in [5.74, 6) is -1.76. The molecule has 1 aliphatic rings. The highest BCUT2D eigenvalue weighted by molar-refractivity contribution is 5.90. The second kappa shape index (κ2) is 4.53. The van der Waals surface area contributed by atoms with Crippen LogP contribution < -0.4 is 5.32 Å². The molecule has 2 nitrogen and oxygen atoms in total.